The number of nitrogens with one attached hydrogen (secondary N) is 1. The second-order valence-electron chi connectivity index (χ2n) is 6.37. The van der Waals surface area contributed by atoms with Crippen molar-refractivity contribution in [3.63, 3.8) is 0 Å². The maximum Gasteiger partial charge on any atom is 0.170 e. The zero-order valence-corrected chi connectivity index (χ0v) is 15.8. The Morgan fingerprint density at radius 3 is 2.82 bits per heavy atom. The van der Waals surface area contributed by atoms with Gasteiger partial charge in [-0.3, -0.25) is 0 Å². The van der Waals surface area contributed by atoms with Crippen LogP contribution in [0.1, 0.15) is 4.88 Å². The van der Waals surface area contributed by atoms with Gasteiger partial charge in [0.25, 0.3) is 0 Å². The van der Waals surface area contributed by atoms with Crippen molar-refractivity contribution in [2.45, 2.75) is 12.6 Å². The Bertz CT molecular complexity index is 1030. The van der Waals surface area contributed by atoms with Crippen LogP contribution in [0.2, 0.25) is 0 Å². The van der Waals surface area contributed by atoms with Gasteiger partial charge in [-0.15, -0.1) is 11.3 Å². The van der Waals surface area contributed by atoms with Crippen LogP contribution < -0.4 is 10.1 Å². The van der Waals surface area contributed by atoms with Gasteiger partial charge in [0.15, 0.2) is 5.58 Å². The first kappa shape index (κ1) is 18.6. The van der Waals surface area contributed by atoms with Gasteiger partial charge in [0, 0.05) is 35.0 Å². The fourth-order valence-electron chi connectivity index (χ4n) is 2.86. The largest absolute Gasteiger partial charge is 0.491 e. The molecule has 0 aliphatic rings. The summed E-state index contributed by atoms with van der Waals surface area (Å²) in [5.41, 5.74) is 1.91. The van der Waals surface area contributed by atoms with Gasteiger partial charge in [-0.2, -0.15) is 0 Å². The molecule has 4 aromatic rings. The van der Waals surface area contributed by atoms with Crippen molar-refractivity contribution in [2.24, 2.45) is 0 Å². The number of ether oxygens (including phenoxy) is 1. The first-order valence-corrected chi connectivity index (χ1v) is 9.76. The third-order valence-electron chi connectivity index (χ3n) is 4.26. The van der Waals surface area contributed by atoms with E-state index in [9.17, 15) is 9.50 Å². The zero-order valence-electron chi connectivity index (χ0n) is 15.0. The summed E-state index contributed by atoms with van der Waals surface area (Å²) in [7, 11) is 0. The van der Waals surface area contributed by atoms with Crippen LogP contribution >= 0.6 is 11.3 Å². The molecule has 0 aliphatic carbocycles. The van der Waals surface area contributed by atoms with Crippen molar-refractivity contribution < 1.29 is 18.8 Å². The van der Waals surface area contributed by atoms with Crippen molar-refractivity contribution >= 4 is 22.3 Å². The highest BCUT2D eigenvalue weighted by molar-refractivity contribution is 7.09. The lowest BCUT2D eigenvalue weighted by Crippen LogP contribution is -2.30. The Balaban J connectivity index is 1.31. The molecule has 0 bridgehead atoms. The number of benzene rings is 2. The number of halogens is 1. The SMILES string of the molecule is O[C@H](CNCc1cccs1)COc1ccc(-c2noc3cc(F)ccc23)cc1. The fourth-order valence-corrected chi connectivity index (χ4v) is 3.53. The molecule has 0 saturated carbocycles. The molecule has 0 aliphatic heterocycles. The minimum atomic E-state index is -0.603. The molecule has 1 atom stereocenters. The highest BCUT2D eigenvalue weighted by atomic mass is 32.1. The Morgan fingerprint density at radius 2 is 2.04 bits per heavy atom. The molecule has 2 aromatic carbocycles. The average molecular weight is 398 g/mol. The van der Waals surface area contributed by atoms with Crippen molar-refractivity contribution in [1.29, 1.82) is 0 Å². The molecule has 4 rings (SSSR count). The number of fused-ring (bicyclic) bond motifs is 1. The number of aliphatic hydroxyl groups is 1. The van der Waals surface area contributed by atoms with Gasteiger partial charge in [0.05, 0.1) is 0 Å². The van der Waals surface area contributed by atoms with Crippen LogP contribution in [0.4, 0.5) is 4.39 Å². The zero-order chi connectivity index (χ0) is 19.3. The minimum absolute atomic E-state index is 0.197. The number of nitrogens with zero attached hydrogens (tertiary/aromatic N) is 1. The van der Waals surface area contributed by atoms with Crippen molar-refractivity contribution in [2.75, 3.05) is 13.2 Å². The topological polar surface area (TPSA) is 67.5 Å². The summed E-state index contributed by atoms with van der Waals surface area (Å²) in [5, 5.41) is 20.1. The van der Waals surface area contributed by atoms with Crippen LogP contribution in [-0.4, -0.2) is 29.5 Å². The van der Waals surface area contributed by atoms with Gasteiger partial charge in [0.1, 0.15) is 30.0 Å². The van der Waals surface area contributed by atoms with E-state index in [0.29, 0.717) is 23.6 Å². The number of hydrogen-bond acceptors (Lipinski definition) is 6. The molecule has 5 nitrogen and oxygen atoms in total. The fraction of sp³-hybridized carbons (Fsp3) is 0.190. The van der Waals surface area contributed by atoms with E-state index in [1.54, 1.807) is 17.4 Å². The monoisotopic (exact) mass is 398 g/mol. The molecule has 2 heterocycles. The van der Waals surface area contributed by atoms with Gasteiger partial charge in [-0.1, -0.05) is 11.2 Å². The molecule has 2 N–H and O–H groups in total. The Morgan fingerprint density at radius 1 is 1.18 bits per heavy atom. The lowest BCUT2D eigenvalue weighted by atomic mass is 10.1. The maximum atomic E-state index is 13.3. The van der Waals surface area contributed by atoms with E-state index >= 15 is 0 Å². The number of hydrogen-bond donors (Lipinski definition) is 2. The molecule has 0 amide bonds. The molecule has 0 radical (unpaired) electrons. The van der Waals surface area contributed by atoms with Gasteiger partial charge in [0.2, 0.25) is 0 Å². The van der Waals surface area contributed by atoms with E-state index < -0.39 is 6.10 Å². The van der Waals surface area contributed by atoms with Crippen molar-refractivity contribution in [3.05, 3.63) is 70.7 Å². The summed E-state index contributed by atoms with van der Waals surface area (Å²) in [5.74, 6) is 0.294. The van der Waals surface area contributed by atoms with E-state index in [0.717, 1.165) is 17.5 Å². The number of rotatable bonds is 8. The summed E-state index contributed by atoms with van der Waals surface area (Å²) in [4.78, 5) is 1.23. The van der Waals surface area contributed by atoms with Gasteiger partial charge in [-0.05, 0) is 47.8 Å². The van der Waals surface area contributed by atoms with Gasteiger partial charge in [-0.25, -0.2) is 4.39 Å². The summed E-state index contributed by atoms with van der Waals surface area (Å²) < 4.78 is 24.1. The highest BCUT2D eigenvalue weighted by Crippen LogP contribution is 2.29. The summed E-state index contributed by atoms with van der Waals surface area (Å²) in [6, 6.07) is 15.7. The predicted molar refractivity (Wildman–Crippen MR) is 107 cm³/mol. The number of aromatic nitrogens is 1. The van der Waals surface area contributed by atoms with Crippen molar-refractivity contribution in [1.82, 2.24) is 10.5 Å². The molecule has 28 heavy (non-hydrogen) atoms. The summed E-state index contributed by atoms with van der Waals surface area (Å²) in [6.07, 6.45) is -0.603. The van der Waals surface area contributed by atoms with Gasteiger partial charge < -0.3 is 19.7 Å². The van der Waals surface area contributed by atoms with Crippen LogP contribution in [0.15, 0.2) is 64.5 Å². The van der Waals surface area contributed by atoms with Crippen LogP contribution in [0, 0.1) is 5.82 Å². The Hall–Kier alpha value is -2.74. The van der Waals surface area contributed by atoms with Crippen LogP contribution in [0.3, 0.4) is 0 Å². The predicted octanol–water partition coefficient (Wildman–Crippen LogP) is 4.22. The molecule has 7 heteroatoms. The molecule has 0 spiro atoms. The highest BCUT2D eigenvalue weighted by Gasteiger charge is 2.11. The molecule has 0 unspecified atom stereocenters. The number of aliphatic hydroxyl groups excluding tert-OH is 1. The third-order valence-corrected chi connectivity index (χ3v) is 5.14. The molecule has 0 fully saturated rings. The summed E-state index contributed by atoms with van der Waals surface area (Å²) >= 11 is 1.68. The lowest BCUT2D eigenvalue weighted by molar-refractivity contribution is 0.106. The molecule has 144 valence electrons. The Kier molecular flexibility index (Phi) is 5.66. The quantitative estimate of drug-likeness (QED) is 0.465. The lowest BCUT2D eigenvalue weighted by Gasteiger charge is -2.13. The average Bonchev–Trinajstić information content (AvgIpc) is 3.36. The molecular formula is C21H19FN2O3S. The van der Waals surface area contributed by atoms with E-state index in [1.165, 1.54) is 17.0 Å². The molecular weight excluding hydrogens is 379 g/mol. The summed E-state index contributed by atoms with van der Waals surface area (Å²) in [6.45, 7) is 1.39. The molecule has 2 aromatic heterocycles. The van der Waals surface area contributed by atoms with Crippen LogP contribution in [0.5, 0.6) is 5.75 Å². The second kappa shape index (κ2) is 8.52. The van der Waals surface area contributed by atoms with Crippen molar-refractivity contribution in [3.8, 4) is 17.0 Å². The smallest absolute Gasteiger partial charge is 0.170 e. The maximum absolute atomic E-state index is 13.3. The Labute approximate surface area is 165 Å². The van der Waals surface area contributed by atoms with E-state index in [1.807, 2.05) is 35.7 Å². The molecule has 0 saturated heterocycles. The van der Waals surface area contributed by atoms with E-state index in [4.69, 9.17) is 9.26 Å². The third kappa shape index (κ3) is 4.39. The minimum Gasteiger partial charge on any atom is -0.491 e. The first-order chi connectivity index (χ1) is 13.7. The van der Waals surface area contributed by atoms with Crippen LogP contribution in [-0.2, 0) is 6.54 Å². The second-order valence-corrected chi connectivity index (χ2v) is 7.40. The van der Waals surface area contributed by atoms with E-state index in [2.05, 4.69) is 16.5 Å². The number of thiophene rings is 1. The van der Waals surface area contributed by atoms with Gasteiger partial charge >= 0.3 is 0 Å². The first-order valence-electron chi connectivity index (χ1n) is 8.88. The van der Waals surface area contributed by atoms with E-state index in [-0.39, 0.29) is 12.4 Å². The standard InChI is InChI=1S/C21H19FN2O3S/c22-15-5-8-19-20(10-15)27-24-21(19)14-3-6-17(7-4-14)26-13-16(25)11-23-12-18-2-1-9-28-18/h1-10,16,23,25H,11-13H2/t16-/m1/s1. The normalized spacial score (nSPS) is 12.4. The van der Waals surface area contributed by atoms with Crippen LogP contribution in [0.25, 0.3) is 22.2 Å².